The molecule has 5 heteroatoms. The molecule has 0 radical (unpaired) electrons. The topological polar surface area (TPSA) is 15.3 Å². The Hall–Kier alpha value is -0.580. The average molecular weight is 343 g/mol. The van der Waals surface area contributed by atoms with E-state index in [1.807, 2.05) is 31.3 Å². The van der Waals surface area contributed by atoms with Crippen molar-refractivity contribution in [2.24, 2.45) is 0 Å². The molecule has 2 rings (SSSR count). The molecule has 0 saturated heterocycles. The van der Waals surface area contributed by atoms with E-state index in [-0.39, 0.29) is 6.04 Å². The van der Waals surface area contributed by atoms with Gasteiger partial charge in [-0.2, -0.15) is 0 Å². The second kappa shape index (κ2) is 8.16. The normalized spacial score (nSPS) is 12.8. The lowest BCUT2D eigenvalue weighted by Crippen LogP contribution is -2.25. The molecule has 0 bridgehead atoms. The van der Waals surface area contributed by atoms with Crippen molar-refractivity contribution in [1.82, 2.24) is 10.2 Å². The molecule has 1 atom stereocenters. The Morgan fingerprint density at radius 3 is 2.57 bits per heavy atom. The molecule has 0 aliphatic heterocycles. The van der Waals surface area contributed by atoms with Gasteiger partial charge in [0.05, 0.1) is 4.34 Å². The minimum atomic E-state index is 0.271. The van der Waals surface area contributed by atoms with E-state index in [4.69, 9.17) is 23.2 Å². The summed E-state index contributed by atoms with van der Waals surface area (Å²) in [5.41, 5.74) is 1.16. The van der Waals surface area contributed by atoms with Crippen molar-refractivity contribution in [3.63, 3.8) is 0 Å². The highest BCUT2D eigenvalue weighted by Crippen LogP contribution is 2.26. The standard InChI is InChI=1S/C16H20Cl2N2S/c1-19-15(13-5-3-4-6-14(13)17)9-10-20(2)11-12-7-8-16(18)21-12/h3-8,15,19H,9-11H2,1-2H3. The van der Waals surface area contributed by atoms with Crippen LogP contribution in [0.15, 0.2) is 36.4 Å². The maximum absolute atomic E-state index is 6.28. The van der Waals surface area contributed by atoms with Gasteiger partial charge in [-0.05, 0) is 44.3 Å². The van der Waals surface area contributed by atoms with Crippen LogP contribution in [0.4, 0.5) is 0 Å². The minimum Gasteiger partial charge on any atom is -0.313 e. The van der Waals surface area contributed by atoms with Crippen LogP contribution in [0.2, 0.25) is 9.36 Å². The Kier molecular flexibility index (Phi) is 6.52. The van der Waals surface area contributed by atoms with Crippen LogP contribution in [0.3, 0.4) is 0 Å². The lowest BCUT2D eigenvalue weighted by molar-refractivity contribution is 0.306. The van der Waals surface area contributed by atoms with Crippen molar-refractivity contribution in [1.29, 1.82) is 0 Å². The Balaban J connectivity index is 1.89. The fraction of sp³-hybridized carbons (Fsp3) is 0.375. The van der Waals surface area contributed by atoms with Crippen molar-refractivity contribution < 1.29 is 0 Å². The molecule has 114 valence electrons. The molecule has 2 nitrogen and oxygen atoms in total. The van der Waals surface area contributed by atoms with Gasteiger partial charge in [0.2, 0.25) is 0 Å². The smallest absolute Gasteiger partial charge is 0.0931 e. The van der Waals surface area contributed by atoms with Gasteiger partial charge < -0.3 is 10.2 Å². The highest BCUT2D eigenvalue weighted by molar-refractivity contribution is 7.16. The van der Waals surface area contributed by atoms with E-state index in [1.165, 1.54) is 4.88 Å². The van der Waals surface area contributed by atoms with Crippen molar-refractivity contribution in [2.45, 2.75) is 19.0 Å². The van der Waals surface area contributed by atoms with Gasteiger partial charge in [0.15, 0.2) is 0 Å². The first-order valence-corrected chi connectivity index (χ1v) is 8.52. The van der Waals surface area contributed by atoms with Gasteiger partial charge >= 0.3 is 0 Å². The minimum absolute atomic E-state index is 0.271. The monoisotopic (exact) mass is 342 g/mol. The SMILES string of the molecule is CNC(CCN(C)Cc1ccc(Cl)s1)c1ccccc1Cl. The van der Waals surface area contributed by atoms with E-state index in [9.17, 15) is 0 Å². The molecule has 0 saturated carbocycles. The Morgan fingerprint density at radius 1 is 1.19 bits per heavy atom. The zero-order valence-electron chi connectivity index (χ0n) is 12.3. The maximum Gasteiger partial charge on any atom is 0.0931 e. The second-order valence-electron chi connectivity index (χ2n) is 5.10. The first kappa shape index (κ1) is 16.8. The number of halogens is 2. The Morgan fingerprint density at radius 2 is 1.95 bits per heavy atom. The van der Waals surface area contributed by atoms with Crippen molar-refractivity contribution in [3.05, 3.63) is 56.2 Å². The molecule has 1 heterocycles. The molecular weight excluding hydrogens is 323 g/mol. The summed E-state index contributed by atoms with van der Waals surface area (Å²) in [7, 11) is 4.11. The summed E-state index contributed by atoms with van der Waals surface area (Å²) in [6, 6.07) is 12.3. The third-order valence-corrected chi connectivity index (χ3v) is 5.04. The molecule has 1 aromatic heterocycles. The van der Waals surface area contributed by atoms with Crippen LogP contribution in [0.25, 0.3) is 0 Å². The van der Waals surface area contributed by atoms with Crippen LogP contribution < -0.4 is 5.32 Å². The van der Waals surface area contributed by atoms with Crippen LogP contribution in [0, 0.1) is 0 Å². The zero-order chi connectivity index (χ0) is 15.2. The molecule has 1 aromatic carbocycles. The summed E-state index contributed by atoms with van der Waals surface area (Å²) < 4.78 is 0.850. The second-order valence-corrected chi connectivity index (χ2v) is 7.30. The summed E-state index contributed by atoms with van der Waals surface area (Å²) in [6.45, 7) is 1.92. The predicted octanol–water partition coefficient (Wildman–Crippen LogP) is 4.84. The number of benzene rings is 1. The first-order valence-electron chi connectivity index (χ1n) is 6.94. The van der Waals surface area contributed by atoms with Gasteiger partial charge in [-0.25, -0.2) is 0 Å². The fourth-order valence-electron chi connectivity index (χ4n) is 2.34. The number of hydrogen-bond donors (Lipinski definition) is 1. The molecule has 1 unspecified atom stereocenters. The number of nitrogens with one attached hydrogen (secondary N) is 1. The maximum atomic E-state index is 6.28. The predicted molar refractivity (Wildman–Crippen MR) is 93.5 cm³/mol. The van der Waals surface area contributed by atoms with Crippen molar-refractivity contribution in [2.75, 3.05) is 20.6 Å². The Labute approximate surface area is 140 Å². The molecule has 0 aliphatic carbocycles. The Bertz CT molecular complexity index is 571. The van der Waals surface area contributed by atoms with E-state index in [0.717, 1.165) is 34.4 Å². The molecule has 0 amide bonds. The third-order valence-electron chi connectivity index (χ3n) is 3.48. The summed E-state index contributed by atoms with van der Waals surface area (Å²) in [5, 5.41) is 4.18. The van der Waals surface area contributed by atoms with E-state index in [2.05, 4.69) is 29.4 Å². The van der Waals surface area contributed by atoms with Gasteiger partial charge in [-0.1, -0.05) is 41.4 Å². The van der Waals surface area contributed by atoms with E-state index in [0.29, 0.717) is 0 Å². The zero-order valence-corrected chi connectivity index (χ0v) is 14.6. The molecule has 1 N–H and O–H groups in total. The summed E-state index contributed by atoms with van der Waals surface area (Å²) in [6.07, 6.45) is 1.01. The number of nitrogens with zero attached hydrogens (tertiary/aromatic N) is 1. The molecule has 2 aromatic rings. The lowest BCUT2D eigenvalue weighted by atomic mass is 10.0. The lowest BCUT2D eigenvalue weighted by Gasteiger charge is -2.22. The van der Waals surface area contributed by atoms with Gasteiger partial charge in [-0.3, -0.25) is 0 Å². The van der Waals surface area contributed by atoms with E-state index in [1.54, 1.807) is 11.3 Å². The first-order chi connectivity index (χ1) is 10.1. The molecule has 0 fully saturated rings. The molecule has 0 spiro atoms. The molecule has 21 heavy (non-hydrogen) atoms. The fourth-order valence-corrected chi connectivity index (χ4v) is 3.78. The van der Waals surface area contributed by atoms with Crippen LogP contribution >= 0.6 is 34.5 Å². The summed E-state index contributed by atoms with van der Waals surface area (Å²) in [4.78, 5) is 3.60. The highest BCUT2D eigenvalue weighted by Gasteiger charge is 2.13. The van der Waals surface area contributed by atoms with Crippen molar-refractivity contribution >= 4 is 34.5 Å². The van der Waals surface area contributed by atoms with E-state index < -0.39 is 0 Å². The van der Waals surface area contributed by atoms with Gasteiger partial charge in [0.25, 0.3) is 0 Å². The van der Waals surface area contributed by atoms with Crippen molar-refractivity contribution in [3.8, 4) is 0 Å². The van der Waals surface area contributed by atoms with Crippen LogP contribution in [-0.4, -0.2) is 25.5 Å². The van der Waals surface area contributed by atoms with Gasteiger partial charge in [-0.15, -0.1) is 11.3 Å². The van der Waals surface area contributed by atoms with Crippen LogP contribution in [-0.2, 0) is 6.54 Å². The molecule has 0 aliphatic rings. The number of hydrogen-bond acceptors (Lipinski definition) is 3. The number of rotatable bonds is 7. The van der Waals surface area contributed by atoms with Gasteiger partial charge in [0, 0.05) is 29.0 Å². The third kappa shape index (κ3) is 4.97. The number of thiophene rings is 1. The van der Waals surface area contributed by atoms with Crippen LogP contribution in [0.1, 0.15) is 22.9 Å². The van der Waals surface area contributed by atoms with Gasteiger partial charge in [0.1, 0.15) is 0 Å². The van der Waals surface area contributed by atoms with Crippen LogP contribution in [0.5, 0.6) is 0 Å². The largest absolute Gasteiger partial charge is 0.313 e. The van der Waals surface area contributed by atoms with E-state index >= 15 is 0 Å². The molecular formula is C16H20Cl2N2S. The highest BCUT2D eigenvalue weighted by atomic mass is 35.5. The quantitative estimate of drug-likeness (QED) is 0.774. The summed E-state index contributed by atoms with van der Waals surface area (Å²) >= 11 is 13.9. The summed E-state index contributed by atoms with van der Waals surface area (Å²) in [5.74, 6) is 0. The average Bonchev–Trinajstić information content (AvgIpc) is 2.86.